The Hall–Kier alpha value is -1.16. The lowest BCUT2D eigenvalue weighted by atomic mass is 9.85. The van der Waals surface area contributed by atoms with E-state index in [-0.39, 0.29) is 17.9 Å². The Morgan fingerprint density at radius 1 is 1.47 bits per heavy atom. The van der Waals surface area contributed by atoms with E-state index in [0.717, 1.165) is 6.42 Å². The molecule has 4 heteroatoms. The number of hydrogen-bond donors (Lipinski definition) is 1. The zero-order valence-corrected chi connectivity index (χ0v) is 9.74. The zero-order chi connectivity index (χ0) is 12.1. The molecule has 0 heterocycles. The van der Waals surface area contributed by atoms with E-state index >= 15 is 0 Å². The molecule has 86 valence electrons. The highest BCUT2D eigenvalue weighted by Crippen LogP contribution is 2.26. The molecule has 0 aromatic rings. The second-order valence-corrected chi connectivity index (χ2v) is 4.40. The van der Waals surface area contributed by atoms with E-state index in [1.165, 1.54) is 0 Å². The summed E-state index contributed by atoms with van der Waals surface area (Å²) in [5.74, 6) is -0.624. The maximum atomic E-state index is 11.5. The van der Waals surface area contributed by atoms with Gasteiger partial charge < -0.3 is 10.5 Å². The Labute approximate surface area is 90.5 Å². The van der Waals surface area contributed by atoms with Crippen LogP contribution in [0.4, 0.5) is 0 Å². The first kappa shape index (κ1) is 13.8. The van der Waals surface area contributed by atoms with Gasteiger partial charge in [0.1, 0.15) is 0 Å². The molecule has 1 unspecified atom stereocenters. The number of ether oxygens (including phenoxy) is 1. The van der Waals surface area contributed by atoms with Gasteiger partial charge >= 0.3 is 12.4 Å². The van der Waals surface area contributed by atoms with Crippen molar-refractivity contribution >= 4 is 12.4 Å². The molecule has 0 saturated carbocycles. The summed E-state index contributed by atoms with van der Waals surface area (Å²) in [5, 5.41) is 0. The number of carbonyl (C=O) groups is 2. The van der Waals surface area contributed by atoms with Crippen LogP contribution in [0.2, 0.25) is 0 Å². The number of hydrogen-bond acceptors (Lipinski definition) is 4. The van der Waals surface area contributed by atoms with Crippen LogP contribution in [0.3, 0.4) is 0 Å². The van der Waals surface area contributed by atoms with Crippen molar-refractivity contribution in [3.63, 3.8) is 0 Å². The summed E-state index contributed by atoms with van der Waals surface area (Å²) < 4.78 is 4.33. The monoisotopic (exact) mass is 213 g/mol. The second-order valence-electron chi connectivity index (χ2n) is 4.40. The fraction of sp³-hybridized carbons (Fsp3) is 0.636. The third-order valence-electron chi connectivity index (χ3n) is 2.04. The fourth-order valence-electron chi connectivity index (χ4n) is 1.06. The predicted octanol–water partition coefficient (Wildman–Crippen LogP) is 1.40. The van der Waals surface area contributed by atoms with Gasteiger partial charge in [0.2, 0.25) is 0 Å². The first-order chi connectivity index (χ1) is 6.82. The van der Waals surface area contributed by atoms with Crippen LogP contribution in [0, 0.1) is 5.41 Å². The lowest BCUT2D eigenvalue weighted by molar-refractivity contribution is -0.148. The van der Waals surface area contributed by atoms with Crippen LogP contribution in [0.25, 0.3) is 0 Å². The van der Waals surface area contributed by atoms with E-state index < -0.39 is 5.97 Å². The summed E-state index contributed by atoms with van der Waals surface area (Å²) in [7, 11) is 0. The fourth-order valence-corrected chi connectivity index (χ4v) is 1.06. The molecule has 0 fully saturated rings. The first-order valence-corrected chi connectivity index (χ1v) is 4.95. The van der Waals surface area contributed by atoms with Crippen molar-refractivity contribution in [2.75, 3.05) is 0 Å². The maximum absolute atomic E-state index is 11.5. The smallest absolute Gasteiger partial charge is 0.341 e. The first-order valence-electron chi connectivity index (χ1n) is 4.95. The molecule has 0 aliphatic rings. The molecular weight excluding hydrogens is 194 g/mol. The molecule has 0 radical (unpaired) electrons. The highest BCUT2D eigenvalue weighted by Gasteiger charge is 2.25. The minimum absolute atomic E-state index is 0.138. The third kappa shape index (κ3) is 4.74. The Bertz CT molecular complexity index is 263. The van der Waals surface area contributed by atoms with E-state index in [1.807, 2.05) is 27.7 Å². The van der Waals surface area contributed by atoms with Gasteiger partial charge in [-0.1, -0.05) is 33.8 Å². The summed E-state index contributed by atoms with van der Waals surface area (Å²) in [5.41, 5.74) is 5.78. The summed E-state index contributed by atoms with van der Waals surface area (Å²) in [4.78, 5) is 21.6. The molecule has 0 aliphatic heterocycles. The highest BCUT2D eigenvalue weighted by molar-refractivity contribution is 5.93. The van der Waals surface area contributed by atoms with Crippen molar-refractivity contribution in [3.8, 4) is 0 Å². The van der Waals surface area contributed by atoms with Gasteiger partial charge in [-0.2, -0.15) is 0 Å². The van der Waals surface area contributed by atoms with E-state index in [4.69, 9.17) is 5.73 Å². The van der Waals surface area contributed by atoms with Crippen molar-refractivity contribution in [2.24, 2.45) is 11.1 Å². The van der Waals surface area contributed by atoms with E-state index in [9.17, 15) is 9.59 Å². The van der Waals surface area contributed by atoms with Gasteiger partial charge in [-0.25, -0.2) is 4.79 Å². The average molecular weight is 213 g/mol. The number of nitrogens with two attached hydrogens (primary N) is 1. The van der Waals surface area contributed by atoms with Crippen molar-refractivity contribution in [1.82, 2.24) is 0 Å². The van der Waals surface area contributed by atoms with Gasteiger partial charge in [0, 0.05) is 11.6 Å². The lowest BCUT2D eigenvalue weighted by Gasteiger charge is -2.21. The normalized spacial score (nSPS) is 14.6. The van der Waals surface area contributed by atoms with Crippen LogP contribution in [0.15, 0.2) is 11.6 Å². The summed E-state index contributed by atoms with van der Waals surface area (Å²) in [6, 6.07) is -0.196. The van der Waals surface area contributed by atoms with Gasteiger partial charge in [-0.15, -0.1) is 0 Å². The van der Waals surface area contributed by atoms with E-state index in [2.05, 4.69) is 4.74 Å². The third-order valence-corrected chi connectivity index (χ3v) is 2.04. The van der Waals surface area contributed by atoms with E-state index in [1.54, 1.807) is 6.08 Å². The van der Waals surface area contributed by atoms with Gasteiger partial charge in [0.15, 0.2) is 0 Å². The molecule has 15 heavy (non-hydrogen) atoms. The van der Waals surface area contributed by atoms with Crippen LogP contribution in [0.5, 0.6) is 0 Å². The molecule has 0 rings (SSSR count). The van der Waals surface area contributed by atoms with Gasteiger partial charge in [0.05, 0.1) is 0 Å². The zero-order valence-electron chi connectivity index (χ0n) is 9.74. The van der Waals surface area contributed by atoms with Crippen molar-refractivity contribution in [1.29, 1.82) is 0 Å². The molecule has 0 saturated heterocycles. The van der Waals surface area contributed by atoms with Crippen LogP contribution < -0.4 is 5.73 Å². The molecule has 4 nitrogen and oxygen atoms in total. The lowest BCUT2D eigenvalue weighted by Crippen LogP contribution is -2.25. The summed E-state index contributed by atoms with van der Waals surface area (Å²) in [6.45, 7) is 7.67. The second kappa shape index (κ2) is 5.66. The maximum Gasteiger partial charge on any atom is 0.341 e. The topological polar surface area (TPSA) is 69.4 Å². The molecular formula is C11H19NO3. The Morgan fingerprint density at radius 3 is 2.33 bits per heavy atom. The van der Waals surface area contributed by atoms with Crippen LogP contribution in [0.1, 0.15) is 34.1 Å². The largest absolute Gasteiger partial charge is 0.392 e. The Balaban J connectivity index is 4.97. The van der Waals surface area contributed by atoms with Gasteiger partial charge in [-0.05, 0) is 11.8 Å². The molecule has 0 spiro atoms. The molecule has 0 aliphatic carbocycles. The van der Waals surface area contributed by atoms with Crippen molar-refractivity contribution in [3.05, 3.63) is 11.6 Å². The molecule has 1 atom stereocenters. The van der Waals surface area contributed by atoms with Gasteiger partial charge in [-0.3, -0.25) is 4.79 Å². The van der Waals surface area contributed by atoms with Crippen molar-refractivity contribution in [2.45, 2.75) is 40.2 Å². The minimum Gasteiger partial charge on any atom is -0.392 e. The highest BCUT2D eigenvalue weighted by atomic mass is 16.6. The molecule has 0 aromatic carbocycles. The minimum atomic E-state index is -0.624. The number of rotatable bonds is 4. The standard InChI is InChI=1S/C11H19NO3/c1-5-8(12)6-9(11(2,3)4)10(14)15-7-13/h6-8H,5,12H2,1-4H3. The SMILES string of the molecule is CCC(N)C=C(C(=O)OC=O)C(C)(C)C. The van der Waals surface area contributed by atoms with Crippen molar-refractivity contribution < 1.29 is 14.3 Å². The molecule has 0 amide bonds. The Kier molecular flexibility index (Phi) is 5.22. The average Bonchev–Trinajstić information content (AvgIpc) is 2.12. The molecule has 0 bridgehead atoms. The number of esters is 1. The van der Waals surface area contributed by atoms with E-state index in [0.29, 0.717) is 5.57 Å². The van der Waals surface area contributed by atoms with Crippen LogP contribution in [-0.4, -0.2) is 18.5 Å². The molecule has 0 aromatic heterocycles. The summed E-state index contributed by atoms with van der Waals surface area (Å²) >= 11 is 0. The quantitative estimate of drug-likeness (QED) is 0.331. The molecule has 2 N–H and O–H groups in total. The van der Waals surface area contributed by atoms with Crippen LogP contribution >= 0.6 is 0 Å². The number of carbonyl (C=O) groups excluding carboxylic acids is 2. The van der Waals surface area contributed by atoms with Gasteiger partial charge in [0.25, 0.3) is 0 Å². The summed E-state index contributed by atoms with van der Waals surface area (Å²) in [6.07, 6.45) is 2.39. The van der Waals surface area contributed by atoms with Crippen LogP contribution in [-0.2, 0) is 14.3 Å². The Morgan fingerprint density at radius 2 is 2.00 bits per heavy atom. The predicted molar refractivity (Wildman–Crippen MR) is 58.0 cm³/mol.